The summed E-state index contributed by atoms with van der Waals surface area (Å²) in [4.78, 5) is 4.13. The van der Waals surface area contributed by atoms with E-state index in [0.717, 1.165) is 18.1 Å². The standard InChI is InChI=1S/C14H20N4O/c1-10(2)19-13-6-4-5-12(7-13)8-15-11(3)14-16-9-17-18-14/h4-7,9-11,15H,8H2,1-3H3,(H,16,17,18). The lowest BCUT2D eigenvalue weighted by molar-refractivity contribution is 0.242. The van der Waals surface area contributed by atoms with Crippen LogP contribution in [0.3, 0.4) is 0 Å². The van der Waals surface area contributed by atoms with E-state index in [-0.39, 0.29) is 12.1 Å². The summed E-state index contributed by atoms with van der Waals surface area (Å²) < 4.78 is 5.68. The van der Waals surface area contributed by atoms with E-state index in [9.17, 15) is 0 Å². The van der Waals surface area contributed by atoms with Gasteiger partial charge in [0, 0.05) is 6.54 Å². The fraction of sp³-hybridized carbons (Fsp3) is 0.429. The minimum Gasteiger partial charge on any atom is -0.491 e. The van der Waals surface area contributed by atoms with Gasteiger partial charge in [0.25, 0.3) is 0 Å². The summed E-state index contributed by atoms with van der Waals surface area (Å²) in [5.41, 5.74) is 1.18. The topological polar surface area (TPSA) is 62.8 Å². The number of benzene rings is 1. The molecule has 0 saturated heterocycles. The van der Waals surface area contributed by atoms with Gasteiger partial charge in [0.15, 0.2) is 0 Å². The van der Waals surface area contributed by atoms with Crippen LogP contribution in [0.4, 0.5) is 0 Å². The lowest BCUT2D eigenvalue weighted by atomic mass is 10.2. The van der Waals surface area contributed by atoms with Crippen molar-refractivity contribution in [3.8, 4) is 5.75 Å². The number of nitrogens with zero attached hydrogens (tertiary/aromatic N) is 2. The fourth-order valence-corrected chi connectivity index (χ4v) is 1.79. The van der Waals surface area contributed by atoms with Crippen molar-refractivity contribution in [3.05, 3.63) is 42.0 Å². The van der Waals surface area contributed by atoms with Gasteiger partial charge in [0.1, 0.15) is 17.9 Å². The van der Waals surface area contributed by atoms with Crippen LogP contribution in [-0.4, -0.2) is 21.3 Å². The second-order valence-corrected chi connectivity index (χ2v) is 4.79. The molecule has 2 rings (SSSR count). The Hall–Kier alpha value is -1.88. The van der Waals surface area contributed by atoms with Crippen molar-refractivity contribution in [2.24, 2.45) is 0 Å². The van der Waals surface area contributed by atoms with Crippen LogP contribution in [0.15, 0.2) is 30.6 Å². The van der Waals surface area contributed by atoms with Gasteiger partial charge < -0.3 is 10.1 Å². The third-order valence-electron chi connectivity index (χ3n) is 2.73. The molecule has 1 atom stereocenters. The first-order chi connectivity index (χ1) is 9.15. The SMILES string of the molecule is CC(C)Oc1cccc(CNC(C)c2ncn[nH]2)c1. The molecule has 0 radical (unpaired) electrons. The van der Waals surface area contributed by atoms with Crippen molar-refractivity contribution >= 4 is 0 Å². The van der Waals surface area contributed by atoms with Crippen LogP contribution < -0.4 is 10.1 Å². The van der Waals surface area contributed by atoms with Crippen molar-refractivity contribution in [3.63, 3.8) is 0 Å². The number of aromatic nitrogens is 3. The Bertz CT molecular complexity index is 496. The Balaban J connectivity index is 1.92. The molecule has 19 heavy (non-hydrogen) atoms. The molecule has 1 aromatic heterocycles. The van der Waals surface area contributed by atoms with Crippen molar-refractivity contribution in [1.82, 2.24) is 20.5 Å². The van der Waals surface area contributed by atoms with Crippen LogP contribution in [0, 0.1) is 0 Å². The second kappa shape index (κ2) is 6.33. The van der Waals surface area contributed by atoms with Gasteiger partial charge in [-0.2, -0.15) is 5.10 Å². The van der Waals surface area contributed by atoms with Crippen molar-refractivity contribution in [2.75, 3.05) is 0 Å². The minimum atomic E-state index is 0.136. The molecular weight excluding hydrogens is 240 g/mol. The zero-order chi connectivity index (χ0) is 13.7. The third-order valence-corrected chi connectivity index (χ3v) is 2.73. The normalized spacial score (nSPS) is 12.6. The number of H-pyrrole nitrogens is 1. The largest absolute Gasteiger partial charge is 0.491 e. The molecule has 0 amide bonds. The van der Waals surface area contributed by atoms with Gasteiger partial charge in [0.2, 0.25) is 0 Å². The smallest absolute Gasteiger partial charge is 0.141 e. The predicted octanol–water partition coefficient (Wildman–Crippen LogP) is 2.44. The third kappa shape index (κ3) is 4.06. The molecule has 2 aromatic rings. The highest BCUT2D eigenvalue weighted by Crippen LogP contribution is 2.15. The molecule has 0 saturated carbocycles. The summed E-state index contributed by atoms with van der Waals surface area (Å²) in [6.07, 6.45) is 1.71. The average molecular weight is 260 g/mol. The maximum Gasteiger partial charge on any atom is 0.141 e. The Morgan fingerprint density at radius 3 is 2.84 bits per heavy atom. The van der Waals surface area contributed by atoms with Crippen LogP contribution in [0.2, 0.25) is 0 Å². The molecule has 1 heterocycles. The average Bonchev–Trinajstić information content (AvgIpc) is 2.89. The number of ether oxygens (including phenoxy) is 1. The molecule has 5 nitrogen and oxygen atoms in total. The summed E-state index contributed by atoms with van der Waals surface area (Å²) in [7, 11) is 0. The van der Waals surface area contributed by atoms with E-state index in [1.54, 1.807) is 0 Å². The van der Waals surface area contributed by atoms with E-state index in [1.807, 2.05) is 26.0 Å². The Labute approximate surface area is 113 Å². The van der Waals surface area contributed by atoms with Crippen molar-refractivity contribution < 1.29 is 4.74 Å². The molecule has 1 unspecified atom stereocenters. The highest BCUT2D eigenvalue weighted by molar-refractivity contribution is 5.28. The van der Waals surface area contributed by atoms with E-state index >= 15 is 0 Å². The highest BCUT2D eigenvalue weighted by Gasteiger charge is 2.07. The number of nitrogens with one attached hydrogen (secondary N) is 2. The zero-order valence-electron chi connectivity index (χ0n) is 11.6. The molecule has 5 heteroatoms. The van der Waals surface area contributed by atoms with E-state index < -0.39 is 0 Å². The molecule has 0 fully saturated rings. The lowest BCUT2D eigenvalue weighted by Crippen LogP contribution is -2.19. The molecule has 2 N–H and O–H groups in total. The quantitative estimate of drug-likeness (QED) is 0.837. The fourth-order valence-electron chi connectivity index (χ4n) is 1.79. The summed E-state index contributed by atoms with van der Waals surface area (Å²) in [6, 6.07) is 8.25. The monoisotopic (exact) mass is 260 g/mol. The van der Waals surface area contributed by atoms with Gasteiger partial charge in [-0.3, -0.25) is 5.10 Å². The van der Waals surface area contributed by atoms with Crippen LogP contribution in [0.1, 0.15) is 38.2 Å². The molecular formula is C14H20N4O. The van der Waals surface area contributed by atoms with E-state index in [0.29, 0.717) is 0 Å². The summed E-state index contributed by atoms with van der Waals surface area (Å²) in [5.74, 6) is 1.75. The van der Waals surface area contributed by atoms with Gasteiger partial charge in [0.05, 0.1) is 12.1 Å². The van der Waals surface area contributed by atoms with E-state index in [2.05, 4.69) is 39.6 Å². The van der Waals surface area contributed by atoms with Gasteiger partial charge in [-0.05, 0) is 38.5 Å². The summed E-state index contributed by atoms with van der Waals surface area (Å²) in [5, 5.41) is 10.1. The Morgan fingerprint density at radius 1 is 1.32 bits per heavy atom. The van der Waals surface area contributed by atoms with Crippen LogP contribution >= 0.6 is 0 Å². The molecule has 1 aromatic carbocycles. The minimum absolute atomic E-state index is 0.136. The number of aromatic amines is 1. The molecule has 0 aliphatic rings. The van der Waals surface area contributed by atoms with Crippen LogP contribution in [-0.2, 0) is 6.54 Å². The van der Waals surface area contributed by atoms with E-state index in [1.165, 1.54) is 11.9 Å². The van der Waals surface area contributed by atoms with Crippen LogP contribution in [0.25, 0.3) is 0 Å². The molecule has 102 valence electrons. The number of rotatable bonds is 6. The maximum absolute atomic E-state index is 5.68. The van der Waals surface area contributed by atoms with Crippen molar-refractivity contribution in [2.45, 2.75) is 39.5 Å². The molecule has 0 bridgehead atoms. The number of hydrogen-bond acceptors (Lipinski definition) is 4. The van der Waals surface area contributed by atoms with Gasteiger partial charge >= 0.3 is 0 Å². The van der Waals surface area contributed by atoms with Gasteiger partial charge in [-0.15, -0.1) is 0 Å². The second-order valence-electron chi connectivity index (χ2n) is 4.79. The molecule has 0 aliphatic carbocycles. The van der Waals surface area contributed by atoms with Gasteiger partial charge in [-0.25, -0.2) is 4.98 Å². The van der Waals surface area contributed by atoms with E-state index in [4.69, 9.17) is 4.74 Å². The molecule has 0 spiro atoms. The maximum atomic E-state index is 5.68. The summed E-state index contributed by atoms with van der Waals surface area (Å²) >= 11 is 0. The van der Waals surface area contributed by atoms with Crippen LogP contribution in [0.5, 0.6) is 5.75 Å². The highest BCUT2D eigenvalue weighted by atomic mass is 16.5. The van der Waals surface area contributed by atoms with Crippen molar-refractivity contribution in [1.29, 1.82) is 0 Å². The first kappa shape index (κ1) is 13.5. The number of hydrogen-bond donors (Lipinski definition) is 2. The first-order valence-electron chi connectivity index (χ1n) is 6.49. The molecule has 0 aliphatic heterocycles. The summed E-state index contributed by atoms with van der Waals surface area (Å²) in [6.45, 7) is 6.86. The Morgan fingerprint density at radius 2 is 2.16 bits per heavy atom. The van der Waals surface area contributed by atoms with Gasteiger partial charge in [-0.1, -0.05) is 12.1 Å². The first-order valence-corrected chi connectivity index (χ1v) is 6.49. The lowest BCUT2D eigenvalue weighted by Gasteiger charge is -2.13. The Kier molecular flexibility index (Phi) is 4.52. The predicted molar refractivity (Wildman–Crippen MR) is 73.8 cm³/mol. The zero-order valence-corrected chi connectivity index (χ0v) is 11.6.